The largest absolute Gasteiger partial charge is 0.478 e. The fraction of sp³-hybridized carbons (Fsp3) is 0.545. The van der Waals surface area contributed by atoms with Crippen molar-refractivity contribution in [1.29, 1.82) is 0 Å². The van der Waals surface area contributed by atoms with Crippen molar-refractivity contribution in [2.75, 3.05) is 6.61 Å². The molecule has 0 radical (unpaired) electrons. The highest BCUT2D eigenvalue weighted by atomic mass is 16.5. The Balaban J connectivity index is 1.14. The standard InChI is InChI=1S/C33H39NO9/c1-31-13-11-22(35)15-21(31)7-8-23-24-12-14-33(42,32(24,2)16-25(36)29(23)31)26(37)18-43-28(39)10-9-27(38)34-17-19-3-5-20(6-4-19)30(40)41/h3-6,11,13,15,23-25,29,36,42H,7-10,12,14,16-18H2,1-2H3,(H,34,38)(H,40,41)/t23-,24-,25-,29+,31-,32-,33-/m0/s1. The molecule has 5 rings (SSSR count). The Labute approximate surface area is 250 Å². The van der Waals surface area contributed by atoms with Gasteiger partial charge in [-0.3, -0.25) is 19.2 Å². The number of aromatic carboxylic acids is 1. The molecule has 43 heavy (non-hydrogen) atoms. The fourth-order valence-corrected chi connectivity index (χ4v) is 8.40. The van der Waals surface area contributed by atoms with Crippen LogP contribution >= 0.6 is 0 Å². The highest BCUT2D eigenvalue weighted by Crippen LogP contribution is 2.67. The molecule has 10 nitrogen and oxygen atoms in total. The third-order valence-electron chi connectivity index (χ3n) is 10.7. The predicted molar refractivity (Wildman–Crippen MR) is 153 cm³/mol. The molecule has 4 aliphatic carbocycles. The molecule has 10 heteroatoms. The number of esters is 1. The summed E-state index contributed by atoms with van der Waals surface area (Å²) in [6.45, 7) is 3.47. The van der Waals surface area contributed by atoms with Crippen LogP contribution < -0.4 is 5.32 Å². The topological polar surface area (TPSA) is 167 Å². The molecule has 1 amide bonds. The van der Waals surface area contributed by atoms with E-state index in [1.54, 1.807) is 24.3 Å². The molecule has 1 aromatic carbocycles. The molecular weight excluding hydrogens is 554 g/mol. The number of benzene rings is 1. The number of hydrogen-bond donors (Lipinski definition) is 4. The van der Waals surface area contributed by atoms with Gasteiger partial charge in [0, 0.05) is 29.7 Å². The molecule has 4 aliphatic rings. The third-order valence-corrected chi connectivity index (χ3v) is 10.7. The second-order valence-electron chi connectivity index (χ2n) is 13.0. The van der Waals surface area contributed by atoms with Crippen molar-refractivity contribution in [2.45, 2.75) is 77.0 Å². The molecule has 0 unspecified atom stereocenters. The maximum atomic E-state index is 13.4. The predicted octanol–water partition coefficient (Wildman–Crippen LogP) is 2.90. The van der Waals surface area contributed by atoms with Gasteiger partial charge < -0.3 is 25.4 Å². The average Bonchev–Trinajstić information content (AvgIpc) is 3.24. The Kier molecular flexibility index (Phi) is 8.22. The zero-order chi connectivity index (χ0) is 31.2. The van der Waals surface area contributed by atoms with Crippen LogP contribution in [0.15, 0.2) is 48.1 Å². The van der Waals surface area contributed by atoms with Crippen molar-refractivity contribution in [1.82, 2.24) is 5.32 Å². The lowest BCUT2D eigenvalue weighted by Crippen LogP contribution is -2.61. The van der Waals surface area contributed by atoms with Crippen LogP contribution in [0.4, 0.5) is 0 Å². The Morgan fingerprint density at radius 3 is 2.49 bits per heavy atom. The lowest BCUT2D eigenvalue weighted by molar-refractivity contribution is -0.181. The van der Waals surface area contributed by atoms with Crippen molar-refractivity contribution in [3.05, 3.63) is 59.2 Å². The summed E-state index contributed by atoms with van der Waals surface area (Å²) < 4.78 is 5.19. The van der Waals surface area contributed by atoms with Gasteiger partial charge in [-0.2, -0.15) is 0 Å². The van der Waals surface area contributed by atoms with E-state index in [9.17, 15) is 34.2 Å². The highest BCUT2D eigenvalue weighted by molar-refractivity contribution is 6.01. The number of ether oxygens (including phenoxy) is 1. The van der Waals surface area contributed by atoms with Crippen molar-refractivity contribution >= 4 is 29.4 Å². The Morgan fingerprint density at radius 1 is 1.07 bits per heavy atom. The van der Waals surface area contributed by atoms with Crippen molar-refractivity contribution in [2.24, 2.45) is 28.6 Å². The molecule has 3 fully saturated rings. The molecule has 0 aromatic heterocycles. The van der Waals surface area contributed by atoms with E-state index < -0.39 is 52.8 Å². The van der Waals surface area contributed by atoms with E-state index in [4.69, 9.17) is 9.84 Å². The van der Waals surface area contributed by atoms with Crippen LogP contribution in [-0.4, -0.2) is 63.0 Å². The first-order valence-electron chi connectivity index (χ1n) is 14.9. The number of fused-ring (bicyclic) bond motifs is 5. The van der Waals surface area contributed by atoms with E-state index in [2.05, 4.69) is 12.2 Å². The van der Waals surface area contributed by atoms with Gasteiger partial charge in [-0.05, 0) is 73.8 Å². The van der Waals surface area contributed by atoms with Gasteiger partial charge in [0.25, 0.3) is 0 Å². The smallest absolute Gasteiger partial charge is 0.335 e. The van der Waals surface area contributed by atoms with E-state index in [0.29, 0.717) is 12.0 Å². The van der Waals surface area contributed by atoms with Crippen molar-refractivity contribution in [3.63, 3.8) is 0 Å². The number of allylic oxidation sites excluding steroid dienone is 4. The minimum absolute atomic E-state index is 0.0148. The first-order chi connectivity index (χ1) is 20.3. The summed E-state index contributed by atoms with van der Waals surface area (Å²) in [6.07, 6.45) is 6.51. The average molecular weight is 594 g/mol. The summed E-state index contributed by atoms with van der Waals surface area (Å²) in [5.41, 5.74) is -1.24. The van der Waals surface area contributed by atoms with Crippen LogP contribution in [0.2, 0.25) is 0 Å². The molecule has 0 saturated heterocycles. The summed E-state index contributed by atoms with van der Waals surface area (Å²) in [5.74, 6) is -2.90. The molecule has 0 heterocycles. The second kappa shape index (κ2) is 11.5. The number of aliphatic hydroxyl groups is 2. The Morgan fingerprint density at radius 2 is 1.79 bits per heavy atom. The van der Waals surface area contributed by atoms with E-state index in [1.165, 1.54) is 12.1 Å². The van der Waals surface area contributed by atoms with Gasteiger partial charge in [-0.1, -0.05) is 37.6 Å². The molecular formula is C33H39NO9. The number of amides is 1. The van der Waals surface area contributed by atoms with E-state index in [0.717, 1.165) is 18.4 Å². The molecule has 0 spiro atoms. The van der Waals surface area contributed by atoms with Gasteiger partial charge >= 0.3 is 11.9 Å². The maximum Gasteiger partial charge on any atom is 0.335 e. The van der Waals surface area contributed by atoms with Gasteiger partial charge in [0.1, 0.15) is 5.60 Å². The molecule has 3 saturated carbocycles. The highest BCUT2D eigenvalue weighted by Gasteiger charge is 2.68. The van der Waals surface area contributed by atoms with E-state index >= 15 is 0 Å². The minimum atomic E-state index is -1.76. The second-order valence-corrected chi connectivity index (χ2v) is 13.0. The molecule has 0 aliphatic heterocycles. The number of carboxylic acids is 1. The Bertz CT molecular complexity index is 1400. The Hall–Kier alpha value is -3.63. The summed E-state index contributed by atoms with van der Waals surface area (Å²) in [7, 11) is 0. The van der Waals surface area contributed by atoms with Crippen LogP contribution in [0.25, 0.3) is 0 Å². The molecule has 7 atom stereocenters. The number of nitrogens with one attached hydrogen (secondary N) is 1. The van der Waals surface area contributed by atoms with Crippen molar-refractivity contribution < 1.29 is 44.0 Å². The number of aliphatic hydroxyl groups excluding tert-OH is 1. The van der Waals surface area contributed by atoms with Crippen LogP contribution in [0, 0.1) is 28.6 Å². The lowest BCUT2D eigenvalue weighted by Gasteiger charge is -2.59. The molecule has 1 aromatic rings. The summed E-state index contributed by atoms with van der Waals surface area (Å²) >= 11 is 0. The zero-order valence-corrected chi connectivity index (χ0v) is 24.5. The number of carboxylic acid groups (broad SMARTS) is 1. The van der Waals surface area contributed by atoms with Crippen LogP contribution in [0.3, 0.4) is 0 Å². The van der Waals surface area contributed by atoms with Crippen LogP contribution in [-0.2, 0) is 30.5 Å². The lowest BCUT2D eigenvalue weighted by atomic mass is 9.46. The van der Waals surface area contributed by atoms with Gasteiger partial charge in [0.2, 0.25) is 11.7 Å². The van der Waals surface area contributed by atoms with Gasteiger partial charge in [0.15, 0.2) is 12.4 Å². The SMILES string of the molecule is C[C@]12C=CC(=O)C=C1CC[C@@H]1[C@@H]2[C@@H](O)C[C@@]2(C)[C@H]1CC[C@]2(O)C(=O)COC(=O)CCC(=O)NCc1ccc(C(=O)O)cc1. The third kappa shape index (κ3) is 5.47. The summed E-state index contributed by atoms with van der Waals surface area (Å²) in [6, 6.07) is 6.05. The van der Waals surface area contributed by atoms with E-state index in [-0.39, 0.29) is 61.3 Å². The van der Waals surface area contributed by atoms with Gasteiger partial charge in [-0.25, -0.2) is 4.79 Å². The summed E-state index contributed by atoms with van der Waals surface area (Å²) in [4.78, 5) is 60.9. The minimum Gasteiger partial charge on any atom is -0.478 e. The molecule has 0 bridgehead atoms. The van der Waals surface area contributed by atoms with Crippen LogP contribution in [0.1, 0.15) is 74.7 Å². The normalized spacial score (nSPS) is 34.3. The van der Waals surface area contributed by atoms with Crippen LogP contribution in [0.5, 0.6) is 0 Å². The number of rotatable bonds is 9. The van der Waals surface area contributed by atoms with Gasteiger partial charge in [0.05, 0.1) is 18.1 Å². The summed E-state index contributed by atoms with van der Waals surface area (Å²) in [5, 5.41) is 34.9. The zero-order valence-electron chi connectivity index (χ0n) is 24.5. The quantitative estimate of drug-likeness (QED) is 0.315. The maximum absolute atomic E-state index is 13.4. The fourth-order valence-electron chi connectivity index (χ4n) is 8.40. The number of Topliss-reactive ketones (excluding diaryl/α,β-unsaturated/α-hetero) is 1. The molecule has 230 valence electrons. The van der Waals surface area contributed by atoms with E-state index in [1.807, 2.05) is 13.0 Å². The first-order valence-corrected chi connectivity index (χ1v) is 14.9. The van der Waals surface area contributed by atoms with Crippen molar-refractivity contribution in [3.8, 4) is 0 Å². The monoisotopic (exact) mass is 593 g/mol. The first kappa shape index (κ1) is 30.8. The van der Waals surface area contributed by atoms with Gasteiger partial charge in [-0.15, -0.1) is 0 Å². The molecule has 4 N–H and O–H groups in total. The number of hydrogen-bond acceptors (Lipinski definition) is 8. The number of carbonyl (C=O) groups excluding carboxylic acids is 4. The number of carbonyl (C=O) groups is 5. The number of ketones is 2.